The van der Waals surface area contributed by atoms with Gasteiger partial charge in [0, 0.05) is 18.7 Å². The fourth-order valence-electron chi connectivity index (χ4n) is 1.95. The van der Waals surface area contributed by atoms with E-state index in [1.165, 1.54) is 12.1 Å². The van der Waals surface area contributed by atoms with Crippen LogP contribution in [0.4, 0.5) is 5.69 Å². The Hall–Kier alpha value is -2.83. The van der Waals surface area contributed by atoms with Gasteiger partial charge in [0.15, 0.2) is 5.96 Å². The third-order valence-corrected chi connectivity index (χ3v) is 3.25. The van der Waals surface area contributed by atoms with Crippen molar-refractivity contribution in [3.63, 3.8) is 0 Å². The van der Waals surface area contributed by atoms with Crippen molar-refractivity contribution in [1.82, 2.24) is 10.6 Å². The minimum Gasteiger partial charge on any atom is -0.467 e. The molecule has 2 aromatic rings. The van der Waals surface area contributed by atoms with Gasteiger partial charge >= 0.3 is 0 Å². The Morgan fingerprint density at radius 1 is 1.25 bits per heavy atom. The van der Waals surface area contributed by atoms with Gasteiger partial charge in [0.2, 0.25) is 0 Å². The Morgan fingerprint density at radius 3 is 2.58 bits per heavy atom. The zero-order valence-corrected chi connectivity index (χ0v) is 13.9. The van der Waals surface area contributed by atoms with E-state index in [0.717, 1.165) is 17.9 Å². The van der Waals surface area contributed by atoms with Gasteiger partial charge in [-0.2, -0.15) is 0 Å². The fraction of sp³-hybridized carbons (Fsp3) is 0.353. The van der Waals surface area contributed by atoms with Gasteiger partial charge in [-0.1, -0.05) is 26.0 Å². The lowest BCUT2D eigenvalue weighted by Crippen LogP contribution is -2.38. The number of nitrogens with one attached hydrogen (secondary N) is 2. The Balaban J connectivity index is 1.98. The van der Waals surface area contributed by atoms with E-state index in [0.29, 0.717) is 25.0 Å². The van der Waals surface area contributed by atoms with Gasteiger partial charge in [-0.25, -0.2) is 4.99 Å². The van der Waals surface area contributed by atoms with E-state index < -0.39 is 4.92 Å². The molecule has 7 nitrogen and oxygen atoms in total. The van der Waals surface area contributed by atoms with E-state index in [1.807, 2.05) is 12.1 Å². The maximum Gasteiger partial charge on any atom is 0.269 e. The first-order valence-corrected chi connectivity index (χ1v) is 7.82. The van der Waals surface area contributed by atoms with Crippen LogP contribution in [0.3, 0.4) is 0 Å². The minimum absolute atomic E-state index is 0.0804. The van der Waals surface area contributed by atoms with Crippen LogP contribution in [-0.4, -0.2) is 17.4 Å². The lowest BCUT2D eigenvalue weighted by molar-refractivity contribution is -0.384. The smallest absolute Gasteiger partial charge is 0.269 e. The molecule has 0 atom stereocenters. The molecular formula is C17H22N4O3. The summed E-state index contributed by atoms with van der Waals surface area (Å²) in [6.07, 6.45) is 1.63. The third-order valence-electron chi connectivity index (χ3n) is 3.25. The largest absolute Gasteiger partial charge is 0.467 e. The Morgan fingerprint density at radius 2 is 2.00 bits per heavy atom. The number of hydrogen-bond donors (Lipinski definition) is 2. The second kappa shape index (κ2) is 8.71. The van der Waals surface area contributed by atoms with E-state index >= 15 is 0 Å². The zero-order chi connectivity index (χ0) is 17.4. The first-order chi connectivity index (χ1) is 11.5. The van der Waals surface area contributed by atoms with Gasteiger partial charge in [-0.05, 0) is 23.6 Å². The molecule has 2 rings (SSSR count). The summed E-state index contributed by atoms with van der Waals surface area (Å²) in [5.74, 6) is 1.99. The molecule has 2 N–H and O–H groups in total. The van der Waals surface area contributed by atoms with E-state index in [-0.39, 0.29) is 5.69 Å². The molecule has 1 aromatic heterocycles. The molecule has 1 heterocycles. The van der Waals surface area contributed by atoms with E-state index in [9.17, 15) is 10.1 Å². The van der Waals surface area contributed by atoms with Crippen molar-refractivity contribution in [2.75, 3.05) is 6.54 Å². The predicted molar refractivity (Wildman–Crippen MR) is 92.6 cm³/mol. The van der Waals surface area contributed by atoms with Crippen LogP contribution in [0.15, 0.2) is 52.1 Å². The molecule has 7 heteroatoms. The van der Waals surface area contributed by atoms with Crippen LogP contribution in [0.2, 0.25) is 0 Å². The van der Waals surface area contributed by atoms with Crippen LogP contribution < -0.4 is 10.6 Å². The summed E-state index contributed by atoms with van der Waals surface area (Å²) in [6, 6.07) is 10.1. The number of non-ortho nitro benzene ring substituents is 1. The van der Waals surface area contributed by atoms with Gasteiger partial charge in [0.1, 0.15) is 5.76 Å². The highest BCUT2D eigenvalue weighted by atomic mass is 16.6. The summed E-state index contributed by atoms with van der Waals surface area (Å²) in [4.78, 5) is 14.8. The van der Waals surface area contributed by atoms with Crippen LogP contribution in [-0.2, 0) is 13.1 Å². The van der Waals surface area contributed by atoms with Gasteiger partial charge in [0.05, 0.1) is 24.3 Å². The first-order valence-electron chi connectivity index (χ1n) is 7.82. The minimum atomic E-state index is -0.409. The number of guanidine groups is 1. The highest BCUT2D eigenvalue weighted by Crippen LogP contribution is 2.12. The van der Waals surface area contributed by atoms with Gasteiger partial charge in [-0.3, -0.25) is 10.1 Å². The van der Waals surface area contributed by atoms with Crippen molar-refractivity contribution in [3.05, 3.63) is 64.1 Å². The van der Waals surface area contributed by atoms with Crippen LogP contribution >= 0.6 is 0 Å². The molecule has 0 fully saturated rings. The number of nitro groups is 1. The predicted octanol–water partition coefficient (Wildman–Crippen LogP) is 3.08. The average Bonchev–Trinajstić information content (AvgIpc) is 3.07. The number of benzene rings is 1. The molecule has 0 saturated heterocycles. The molecule has 0 spiro atoms. The molecule has 0 radical (unpaired) electrons. The van der Waals surface area contributed by atoms with Crippen molar-refractivity contribution < 1.29 is 9.34 Å². The first kappa shape index (κ1) is 17.5. The fourth-order valence-corrected chi connectivity index (χ4v) is 1.95. The summed E-state index contributed by atoms with van der Waals surface area (Å²) in [5.41, 5.74) is 0.987. The van der Waals surface area contributed by atoms with E-state index in [2.05, 4.69) is 29.5 Å². The van der Waals surface area contributed by atoms with Crippen molar-refractivity contribution in [3.8, 4) is 0 Å². The molecule has 128 valence electrons. The topological polar surface area (TPSA) is 92.7 Å². The second-order valence-corrected chi connectivity index (χ2v) is 5.80. The SMILES string of the molecule is CC(C)CNC(=NCc1ccc([N+](=O)[O-])cc1)NCc1ccco1. The van der Waals surface area contributed by atoms with Gasteiger partial charge in [-0.15, -0.1) is 0 Å². The monoisotopic (exact) mass is 330 g/mol. The van der Waals surface area contributed by atoms with Crippen LogP contribution in [0.5, 0.6) is 0 Å². The molecule has 0 aliphatic carbocycles. The van der Waals surface area contributed by atoms with Gasteiger partial charge < -0.3 is 15.1 Å². The maximum absolute atomic E-state index is 10.7. The summed E-state index contributed by atoms with van der Waals surface area (Å²) < 4.78 is 5.30. The third kappa shape index (κ3) is 5.75. The van der Waals surface area contributed by atoms with Crippen LogP contribution in [0.25, 0.3) is 0 Å². The Labute approximate surface area is 140 Å². The highest BCUT2D eigenvalue weighted by molar-refractivity contribution is 5.79. The molecule has 0 aliphatic heterocycles. The molecule has 0 unspecified atom stereocenters. The number of aliphatic imine (C=N–C) groups is 1. The normalized spacial score (nSPS) is 11.5. The number of furan rings is 1. The average molecular weight is 330 g/mol. The number of rotatable bonds is 7. The quantitative estimate of drug-likeness (QED) is 0.352. The van der Waals surface area contributed by atoms with Crippen molar-refractivity contribution in [2.45, 2.75) is 26.9 Å². The molecule has 24 heavy (non-hydrogen) atoms. The molecular weight excluding hydrogens is 308 g/mol. The number of nitrogens with zero attached hydrogens (tertiary/aromatic N) is 2. The van der Waals surface area contributed by atoms with Crippen LogP contribution in [0, 0.1) is 16.0 Å². The molecule has 0 bridgehead atoms. The van der Waals surface area contributed by atoms with E-state index in [1.54, 1.807) is 18.4 Å². The molecule has 1 aromatic carbocycles. The highest BCUT2D eigenvalue weighted by Gasteiger charge is 2.05. The van der Waals surface area contributed by atoms with Crippen molar-refractivity contribution in [1.29, 1.82) is 0 Å². The molecule has 0 saturated carbocycles. The summed E-state index contributed by atoms with van der Waals surface area (Å²) in [5, 5.41) is 17.2. The molecule has 0 aliphatic rings. The summed E-state index contributed by atoms with van der Waals surface area (Å²) in [7, 11) is 0. The van der Waals surface area contributed by atoms with Crippen molar-refractivity contribution >= 4 is 11.6 Å². The summed E-state index contributed by atoms with van der Waals surface area (Å²) in [6.45, 7) is 6.01. The Bertz CT molecular complexity index is 664. The zero-order valence-electron chi connectivity index (χ0n) is 13.9. The number of hydrogen-bond acceptors (Lipinski definition) is 4. The maximum atomic E-state index is 10.7. The van der Waals surface area contributed by atoms with E-state index in [4.69, 9.17) is 4.42 Å². The number of nitro benzene ring substituents is 1. The van der Waals surface area contributed by atoms with Crippen LogP contribution in [0.1, 0.15) is 25.2 Å². The lowest BCUT2D eigenvalue weighted by Gasteiger charge is -2.13. The standard InChI is InChI=1S/C17H22N4O3/c1-13(2)10-18-17(20-12-16-4-3-9-24-16)19-11-14-5-7-15(8-6-14)21(22)23/h3-9,13H,10-12H2,1-2H3,(H2,18,19,20). The van der Waals surface area contributed by atoms with Crippen molar-refractivity contribution in [2.24, 2.45) is 10.9 Å². The molecule has 0 amide bonds. The summed E-state index contributed by atoms with van der Waals surface area (Å²) >= 11 is 0. The lowest BCUT2D eigenvalue weighted by atomic mass is 10.2. The van der Waals surface area contributed by atoms with Gasteiger partial charge in [0.25, 0.3) is 5.69 Å². The Kier molecular flexibility index (Phi) is 6.36. The second-order valence-electron chi connectivity index (χ2n) is 5.80.